The largest absolute Gasteiger partial charge is 0.495 e. The van der Waals surface area contributed by atoms with E-state index in [-0.39, 0.29) is 18.4 Å². The molecule has 2 rings (SSSR count). The van der Waals surface area contributed by atoms with Crippen LogP contribution in [0.2, 0.25) is 5.02 Å². The zero-order valence-corrected chi connectivity index (χ0v) is 16.2. The van der Waals surface area contributed by atoms with Gasteiger partial charge in [0.2, 0.25) is 11.8 Å². The van der Waals surface area contributed by atoms with Crippen LogP contribution in [0.1, 0.15) is 19.4 Å². The lowest BCUT2D eigenvalue weighted by Gasteiger charge is -2.27. The Morgan fingerprint density at radius 2 is 1.85 bits per heavy atom. The molecule has 0 unspecified atom stereocenters. The Kier molecular flexibility index (Phi) is 6.64. The summed E-state index contributed by atoms with van der Waals surface area (Å²) in [5.41, 5.74) is 2.34. The predicted octanol–water partition coefficient (Wildman–Crippen LogP) is 4.06. The first-order valence-corrected chi connectivity index (χ1v) is 8.73. The van der Waals surface area contributed by atoms with Gasteiger partial charge in [0.05, 0.1) is 12.8 Å². The Hall–Kier alpha value is -2.53. The van der Waals surface area contributed by atoms with Crippen LogP contribution in [0, 0.1) is 6.92 Å². The molecule has 0 spiro atoms. The minimum atomic E-state index is -0.265. The molecule has 0 N–H and O–H groups in total. The van der Waals surface area contributed by atoms with Gasteiger partial charge in [0.1, 0.15) is 12.3 Å². The summed E-state index contributed by atoms with van der Waals surface area (Å²) >= 11 is 6.07. The van der Waals surface area contributed by atoms with E-state index in [9.17, 15) is 9.59 Å². The van der Waals surface area contributed by atoms with Gasteiger partial charge in [-0.05, 0) is 49.7 Å². The van der Waals surface area contributed by atoms with Gasteiger partial charge in [0.15, 0.2) is 0 Å². The highest BCUT2D eigenvalue weighted by atomic mass is 35.5. The number of aryl methyl sites for hydroxylation is 1. The summed E-state index contributed by atoms with van der Waals surface area (Å²) < 4.78 is 5.32. The Balaban J connectivity index is 2.33. The molecular weight excluding hydrogens is 352 g/mol. The molecule has 0 aliphatic rings. The van der Waals surface area contributed by atoms with Gasteiger partial charge in [0.25, 0.3) is 0 Å². The fraction of sp³-hybridized carbons (Fsp3) is 0.300. The van der Waals surface area contributed by atoms with Gasteiger partial charge in [-0.25, -0.2) is 0 Å². The number of benzene rings is 2. The number of carbonyl (C=O) groups excluding carboxylic acids is 2. The maximum absolute atomic E-state index is 12.9. The van der Waals surface area contributed by atoms with Crippen LogP contribution in [0.3, 0.4) is 0 Å². The smallest absolute Gasteiger partial charge is 0.247 e. The minimum Gasteiger partial charge on any atom is -0.495 e. The molecule has 0 aliphatic heterocycles. The normalized spacial score (nSPS) is 10.3. The van der Waals surface area contributed by atoms with Crippen LogP contribution >= 0.6 is 11.6 Å². The maximum Gasteiger partial charge on any atom is 0.247 e. The third kappa shape index (κ3) is 4.55. The van der Waals surface area contributed by atoms with Crippen LogP contribution in [-0.2, 0) is 9.59 Å². The van der Waals surface area contributed by atoms with Gasteiger partial charge < -0.3 is 9.64 Å². The third-order valence-corrected chi connectivity index (χ3v) is 4.27. The molecule has 0 radical (unpaired) electrons. The molecule has 2 amide bonds. The van der Waals surface area contributed by atoms with Gasteiger partial charge in [-0.2, -0.15) is 0 Å². The summed E-state index contributed by atoms with van der Waals surface area (Å²) in [7, 11) is 1.51. The number of carbonyl (C=O) groups is 2. The molecule has 0 atom stereocenters. The number of halogens is 1. The molecule has 2 aromatic carbocycles. The third-order valence-electron chi connectivity index (χ3n) is 4.04. The highest BCUT2D eigenvalue weighted by Gasteiger charge is 2.23. The van der Waals surface area contributed by atoms with E-state index < -0.39 is 0 Å². The van der Waals surface area contributed by atoms with E-state index in [1.807, 2.05) is 38.1 Å². The molecule has 2 aromatic rings. The van der Waals surface area contributed by atoms with Crippen molar-refractivity contribution in [1.29, 1.82) is 0 Å². The lowest BCUT2D eigenvalue weighted by Crippen LogP contribution is -2.42. The molecule has 6 heteroatoms. The van der Waals surface area contributed by atoms with Crippen LogP contribution in [0.15, 0.2) is 42.5 Å². The molecule has 0 heterocycles. The predicted molar refractivity (Wildman–Crippen MR) is 105 cm³/mol. The van der Waals surface area contributed by atoms with E-state index in [2.05, 4.69) is 0 Å². The SMILES string of the molecule is CCN(C(=O)CN(C(C)=O)c1cc(Cl)ccc1OC)c1cccc(C)c1. The van der Waals surface area contributed by atoms with Crippen molar-refractivity contribution >= 4 is 34.8 Å². The fourth-order valence-electron chi connectivity index (χ4n) is 2.76. The van der Waals surface area contributed by atoms with E-state index in [4.69, 9.17) is 16.3 Å². The number of likely N-dealkylation sites (N-methyl/N-ethyl adjacent to an activating group) is 1. The highest BCUT2D eigenvalue weighted by molar-refractivity contribution is 6.31. The van der Waals surface area contributed by atoms with Crippen molar-refractivity contribution in [3.8, 4) is 5.75 Å². The monoisotopic (exact) mass is 374 g/mol. The van der Waals surface area contributed by atoms with Crippen molar-refractivity contribution in [3.05, 3.63) is 53.1 Å². The standard InChI is InChI=1S/C20H23ClN2O3/c1-5-22(17-8-6-7-14(2)11-17)20(25)13-23(15(3)24)18-12-16(21)9-10-19(18)26-4/h6-12H,5,13H2,1-4H3. The zero-order chi connectivity index (χ0) is 19.3. The quantitative estimate of drug-likeness (QED) is 0.766. The first kappa shape index (κ1) is 19.8. The number of hydrogen-bond acceptors (Lipinski definition) is 3. The second-order valence-electron chi connectivity index (χ2n) is 5.90. The van der Waals surface area contributed by atoms with Crippen molar-refractivity contribution in [1.82, 2.24) is 0 Å². The summed E-state index contributed by atoms with van der Waals surface area (Å²) in [6.07, 6.45) is 0. The second-order valence-corrected chi connectivity index (χ2v) is 6.33. The van der Waals surface area contributed by atoms with Gasteiger partial charge in [-0.15, -0.1) is 0 Å². The molecule has 0 aromatic heterocycles. The molecule has 0 saturated carbocycles. The first-order valence-electron chi connectivity index (χ1n) is 8.36. The number of ether oxygens (including phenoxy) is 1. The second kappa shape index (κ2) is 8.72. The minimum absolute atomic E-state index is 0.103. The van der Waals surface area contributed by atoms with Crippen molar-refractivity contribution in [2.75, 3.05) is 30.0 Å². The Morgan fingerprint density at radius 3 is 2.42 bits per heavy atom. The average molecular weight is 375 g/mol. The molecule has 0 aliphatic carbocycles. The van der Waals surface area contributed by atoms with Crippen LogP contribution in [0.25, 0.3) is 0 Å². The Bertz CT molecular complexity index is 807. The van der Waals surface area contributed by atoms with E-state index in [1.165, 1.54) is 18.9 Å². The number of anilines is 2. The summed E-state index contributed by atoms with van der Waals surface area (Å²) in [4.78, 5) is 28.2. The molecule has 0 fully saturated rings. The number of rotatable bonds is 6. The number of hydrogen-bond donors (Lipinski definition) is 0. The van der Waals surface area contributed by atoms with Gasteiger partial charge in [-0.3, -0.25) is 14.5 Å². The zero-order valence-electron chi connectivity index (χ0n) is 15.5. The van der Waals surface area contributed by atoms with Crippen LogP contribution < -0.4 is 14.5 Å². The summed E-state index contributed by atoms with van der Waals surface area (Å²) in [5.74, 6) is 0.0329. The van der Waals surface area contributed by atoms with Gasteiger partial charge in [-0.1, -0.05) is 23.7 Å². The van der Waals surface area contributed by atoms with E-state index >= 15 is 0 Å². The van der Waals surface area contributed by atoms with E-state index in [0.29, 0.717) is 23.0 Å². The lowest BCUT2D eigenvalue weighted by atomic mass is 10.2. The van der Waals surface area contributed by atoms with Crippen molar-refractivity contribution in [3.63, 3.8) is 0 Å². The average Bonchev–Trinajstić information content (AvgIpc) is 2.60. The topological polar surface area (TPSA) is 49.9 Å². The molecule has 0 bridgehead atoms. The van der Waals surface area contributed by atoms with Crippen LogP contribution in [-0.4, -0.2) is 32.0 Å². The summed E-state index contributed by atoms with van der Waals surface area (Å²) in [6, 6.07) is 12.7. The number of nitrogens with zero attached hydrogens (tertiary/aromatic N) is 2. The molecule has 5 nitrogen and oxygen atoms in total. The maximum atomic E-state index is 12.9. The Morgan fingerprint density at radius 1 is 1.12 bits per heavy atom. The van der Waals surface area contributed by atoms with Crippen molar-refractivity contribution in [2.24, 2.45) is 0 Å². The van der Waals surface area contributed by atoms with Crippen LogP contribution in [0.4, 0.5) is 11.4 Å². The van der Waals surface area contributed by atoms with Gasteiger partial charge in [0, 0.05) is 24.2 Å². The molecule has 138 valence electrons. The van der Waals surface area contributed by atoms with Crippen LogP contribution in [0.5, 0.6) is 5.75 Å². The first-order chi connectivity index (χ1) is 12.4. The molecule has 0 saturated heterocycles. The summed E-state index contributed by atoms with van der Waals surface area (Å²) in [5, 5.41) is 0.463. The van der Waals surface area contributed by atoms with E-state index in [0.717, 1.165) is 11.3 Å². The van der Waals surface area contributed by atoms with Crippen molar-refractivity contribution in [2.45, 2.75) is 20.8 Å². The fourth-order valence-corrected chi connectivity index (χ4v) is 2.93. The number of methoxy groups -OCH3 is 1. The van der Waals surface area contributed by atoms with Gasteiger partial charge >= 0.3 is 0 Å². The summed E-state index contributed by atoms with van der Waals surface area (Å²) in [6.45, 7) is 5.68. The lowest BCUT2D eigenvalue weighted by molar-refractivity contribution is -0.121. The number of amides is 2. The van der Waals surface area contributed by atoms with Crippen molar-refractivity contribution < 1.29 is 14.3 Å². The molecular formula is C20H23ClN2O3. The molecule has 26 heavy (non-hydrogen) atoms. The highest BCUT2D eigenvalue weighted by Crippen LogP contribution is 2.31. The van der Waals surface area contributed by atoms with E-state index in [1.54, 1.807) is 23.1 Å². The Labute approximate surface area is 159 Å².